The summed E-state index contributed by atoms with van der Waals surface area (Å²) in [5.41, 5.74) is 2.17. The number of rotatable bonds is 0. The summed E-state index contributed by atoms with van der Waals surface area (Å²) in [6.45, 7) is 4.00. The monoisotopic (exact) mass is 147 g/mol. The van der Waals surface area contributed by atoms with Crippen LogP contribution in [0.15, 0.2) is 18.5 Å². The van der Waals surface area contributed by atoms with Crippen LogP contribution in [0.5, 0.6) is 0 Å². The summed E-state index contributed by atoms with van der Waals surface area (Å²) >= 11 is 0. The molecule has 0 spiro atoms. The van der Waals surface area contributed by atoms with Gasteiger partial charge < -0.3 is 0 Å². The summed E-state index contributed by atoms with van der Waals surface area (Å²) in [7, 11) is 0. The summed E-state index contributed by atoms with van der Waals surface area (Å²) in [5, 5.41) is 0. The molecule has 2 heterocycles. The first-order valence-corrected chi connectivity index (χ1v) is 3.55. The van der Waals surface area contributed by atoms with Crippen LogP contribution in [0.3, 0.4) is 0 Å². The smallest absolute Gasteiger partial charge is 0.234 e. The number of imidazole rings is 1. The van der Waals surface area contributed by atoms with E-state index < -0.39 is 0 Å². The van der Waals surface area contributed by atoms with E-state index in [0.29, 0.717) is 0 Å². The highest BCUT2D eigenvalue weighted by Crippen LogP contribution is 2.03. The van der Waals surface area contributed by atoms with E-state index in [1.165, 1.54) is 0 Å². The van der Waals surface area contributed by atoms with Crippen LogP contribution in [0.1, 0.15) is 11.4 Å². The van der Waals surface area contributed by atoms with Crippen LogP contribution in [-0.2, 0) is 0 Å². The Morgan fingerprint density at radius 3 is 2.91 bits per heavy atom. The topological polar surface area (TPSA) is 30.2 Å². The highest BCUT2D eigenvalue weighted by atomic mass is 15.1. The van der Waals surface area contributed by atoms with Crippen molar-refractivity contribution < 1.29 is 0 Å². The van der Waals surface area contributed by atoms with Crippen LogP contribution in [0.25, 0.3) is 5.78 Å². The maximum atomic E-state index is 4.23. The minimum Gasteiger partial charge on any atom is -0.288 e. The molecule has 2 aromatic heterocycles. The first kappa shape index (κ1) is 6.34. The van der Waals surface area contributed by atoms with E-state index in [0.717, 1.165) is 17.2 Å². The molecule has 0 aromatic carbocycles. The Kier molecular flexibility index (Phi) is 1.18. The molecule has 0 unspecified atom stereocenters. The van der Waals surface area contributed by atoms with Gasteiger partial charge in [0, 0.05) is 18.1 Å². The maximum absolute atomic E-state index is 4.23. The molecule has 0 aliphatic rings. The average molecular weight is 147 g/mol. The van der Waals surface area contributed by atoms with Gasteiger partial charge in [0.2, 0.25) is 5.78 Å². The van der Waals surface area contributed by atoms with Gasteiger partial charge in [0.1, 0.15) is 0 Å². The van der Waals surface area contributed by atoms with Crippen molar-refractivity contribution in [2.45, 2.75) is 13.8 Å². The Morgan fingerprint density at radius 2 is 2.18 bits per heavy atom. The molecule has 0 saturated heterocycles. The predicted octanol–water partition coefficient (Wildman–Crippen LogP) is 1.35. The van der Waals surface area contributed by atoms with Gasteiger partial charge in [0.15, 0.2) is 0 Å². The minimum atomic E-state index is 0.780. The van der Waals surface area contributed by atoms with Crippen molar-refractivity contribution in [1.82, 2.24) is 14.4 Å². The van der Waals surface area contributed by atoms with Gasteiger partial charge in [-0.1, -0.05) is 0 Å². The third-order valence-electron chi connectivity index (χ3n) is 1.69. The van der Waals surface area contributed by atoms with Crippen LogP contribution < -0.4 is 0 Å². The fourth-order valence-electron chi connectivity index (χ4n) is 1.13. The lowest BCUT2D eigenvalue weighted by Gasteiger charge is -1.94. The molecule has 2 rings (SSSR count). The second-order valence-electron chi connectivity index (χ2n) is 2.64. The third-order valence-corrected chi connectivity index (χ3v) is 1.69. The minimum absolute atomic E-state index is 0.780. The third kappa shape index (κ3) is 0.888. The molecule has 3 nitrogen and oxygen atoms in total. The quantitative estimate of drug-likeness (QED) is 0.563. The van der Waals surface area contributed by atoms with Crippen LogP contribution in [-0.4, -0.2) is 14.4 Å². The van der Waals surface area contributed by atoms with E-state index in [1.807, 2.05) is 30.5 Å². The Labute approximate surface area is 64.7 Å². The SMILES string of the molecule is Cc1cn2c(C)ccnc2n1. The molecule has 0 aliphatic heterocycles. The molecular weight excluding hydrogens is 138 g/mol. The van der Waals surface area contributed by atoms with E-state index >= 15 is 0 Å². The first-order valence-electron chi connectivity index (χ1n) is 3.55. The first-order chi connectivity index (χ1) is 5.27. The summed E-state index contributed by atoms with van der Waals surface area (Å²) in [5.74, 6) is 0.780. The van der Waals surface area contributed by atoms with Crippen LogP contribution >= 0.6 is 0 Å². The van der Waals surface area contributed by atoms with E-state index in [2.05, 4.69) is 9.97 Å². The fourth-order valence-corrected chi connectivity index (χ4v) is 1.13. The highest BCUT2D eigenvalue weighted by molar-refractivity contribution is 5.31. The Hall–Kier alpha value is -1.38. The predicted molar refractivity (Wildman–Crippen MR) is 42.5 cm³/mol. The number of fused-ring (bicyclic) bond motifs is 1. The second-order valence-corrected chi connectivity index (χ2v) is 2.64. The van der Waals surface area contributed by atoms with Gasteiger partial charge in [-0.05, 0) is 19.9 Å². The Balaban J connectivity index is 2.90. The lowest BCUT2D eigenvalue weighted by Crippen LogP contribution is -1.90. The Bertz CT molecular complexity index is 389. The molecule has 0 amide bonds. The lowest BCUT2D eigenvalue weighted by molar-refractivity contribution is 1.04. The molecule has 0 fully saturated rings. The van der Waals surface area contributed by atoms with Gasteiger partial charge >= 0.3 is 0 Å². The van der Waals surface area contributed by atoms with Gasteiger partial charge in [-0.25, -0.2) is 9.97 Å². The lowest BCUT2D eigenvalue weighted by atomic mass is 10.4. The number of hydrogen-bond donors (Lipinski definition) is 0. The van der Waals surface area contributed by atoms with Gasteiger partial charge in [0.05, 0.1) is 5.69 Å². The molecule has 0 aliphatic carbocycles. The molecular formula is C8H9N3. The van der Waals surface area contributed by atoms with Crippen molar-refractivity contribution in [3.05, 3.63) is 29.8 Å². The molecule has 2 aromatic rings. The van der Waals surface area contributed by atoms with Crippen molar-refractivity contribution in [2.24, 2.45) is 0 Å². The fraction of sp³-hybridized carbons (Fsp3) is 0.250. The maximum Gasteiger partial charge on any atom is 0.234 e. The van der Waals surface area contributed by atoms with Crippen molar-refractivity contribution in [1.29, 1.82) is 0 Å². The summed E-state index contributed by atoms with van der Waals surface area (Å²) < 4.78 is 1.98. The summed E-state index contributed by atoms with van der Waals surface area (Å²) in [4.78, 5) is 8.34. The number of hydrogen-bond acceptors (Lipinski definition) is 2. The normalized spacial score (nSPS) is 10.7. The standard InChI is InChI=1S/C8H9N3/c1-6-5-11-7(2)3-4-9-8(11)10-6/h3-5H,1-2H3. The number of aromatic nitrogens is 3. The van der Waals surface area contributed by atoms with E-state index in [1.54, 1.807) is 6.20 Å². The van der Waals surface area contributed by atoms with E-state index in [-0.39, 0.29) is 0 Å². The zero-order valence-electron chi connectivity index (χ0n) is 6.57. The molecule has 0 saturated carbocycles. The van der Waals surface area contributed by atoms with E-state index in [4.69, 9.17) is 0 Å². The van der Waals surface area contributed by atoms with E-state index in [9.17, 15) is 0 Å². The second kappa shape index (κ2) is 2.05. The zero-order valence-corrected chi connectivity index (χ0v) is 6.57. The van der Waals surface area contributed by atoms with Crippen LogP contribution in [0, 0.1) is 13.8 Å². The number of nitrogens with zero attached hydrogens (tertiary/aromatic N) is 3. The summed E-state index contributed by atoms with van der Waals surface area (Å²) in [6, 6.07) is 1.97. The van der Waals surface area contributed by atoms with Crippen molar-refractivity contribution in [2.75, 3.05) is 0 Å². The van der Waals surface area contributed by atoms with Crippen LogP contribution in [0.4, 0.5) is 0 Å². The molecule has 0 bridgehead atoms. The van der Waals surface area contributed by atoms with Gasteiger partial charge in [0.25, 0.3) is 0 Å². The van der Waals surface area contributed by atoms with Gasteiger partial charge in [-0.15, -0.1) is 0 Å². The van der Waals surface area contributed by atoms with Gasteiger partial charge in [-0.3, -0.25) is 4.40 Å². The molecule has 0 atom stereocenters. The van der Waals surface area contributed by atoms with Crippen LogP contribution in [0.2, 0.25) is 0 Å². The van der Waals surface area contributed by atoms with Crippen molar-refractivity contribution in [3.8, 4) is 0 Å². The van der Waals surface area contributed by atoms with Gasteiger partial charge in [-0.2, -0.15) is 0 Å². The van der Waals surface area contributed by atoms with Crippen molar-refractivity contribution in [3.63, 3.8) is 0 Å². The molecule has 56 valence electrons. The largest absolute Gasteiger partial charge is 0.288 e. The number of aryl methyl sites for hydroxylation is 2. The highest BCUT2D eigenvalue weighted by Gasteiger charge is 1.98. The van der Waals surface area contributed by atoms with Crippen molar-refractivity contribution >= 4 is 5.78 Å². The Morgan fingerprint density at radius 1 is 1.36 bits per heavy atom. The summed E-state index contributed by atoms with van der Waals surface area (Å²) in [6.07, 6.45) is 3.76. The zero-order chi connectivity index (χ0) is 7.84. The average Bonchev–Trinajstić information content (AvgIpc) is 2.31. The molecule has 11 heavy (non-hydrogen) atoms. The molecule has 3 heteroatoms. The molecule has 0 N–H and O–H groups in total. The molecule has 0 radical (unpaired) electrons.